The number of amides is 1. The Bertz CT molecular complexity index is 1090. The molecule has 1 saturated heterocycles. The van der Waals surface area contributed by atoms with Gasteiger partial charge in [0.15, 0.2) is 0 Å². The maximum atomic E-state index is 14.0. The Balaban J connectivity index is 1.65. The molecule has 32 heavy (non-hydrogen) atoms. The molecule has 174 valence electrons. The Morgan fingerprint density at radius 1 is 1.09 bits per heavy atom. The van der Waals surface area contributed by atoms with Crippen LogP contribution in [0.1, 0.15) is 31.4 Å². The van der Waals surface area contributed by atoms with Gasteiger partial charge in [0.1, 0.15) is 28.0 Å². The van der Waals surface area contributed by atoms with E-state index < -0.39 is 32.5 Å². The van der Waals surface area contributed by atoms with Crippen molar-refractivity contribution in [1.82, 2.24) is 9.62 Å². The Kier molecular flexibility index (Phi) is 7.35. The molecule has 3 rings (SSSR count). The average Bonchev–Trinajstić information content (AvgIpc) is 2.80. The molecular weight excluding hydrogens is 442 g/mol. The highest BCUT2D eigenvalue weighted by atomic mass is 32.2. The lowest BCUT2D eigenvalue weighted by atomic mass is 9.96. The van der Waals surface area contributed by atoms with Crippen LogP contribution in [0.15, 0.2) is 41.3 Å². The minimum Gasteiger partial charge on any atom is -0.497 e. The second-order valence-corrected chi connectivity index (χ2v) is 9.50. The number of benzene rings is 2. The first-order valence-corrected chi connectivity index (χ1v) is 11.6. The van der Waals surface area contributed by atoms with Crippen LogP contribution in [-0.2, 0) is 14.8 Å². The molecule has 2 aromatic carbocycles. The number of piperidine rings is 1. The van der Waals surface area contributed by atoms with Crippen molar-refractivity contribution in [3.05, 3.63) is 53.6 Å². The van der Waals surface area contributed by atoms with Crippen LogP contribution in [0, 0.1) is 17.6 Å². The first-order valence-electron chi connectivity index (χ1n) is 10.1. The SMILES string of the molecule is COc1ccc(OC)c(C(C)NC(=O)C2CCN(S(=O)(=O)c3cc(F)ccc3F)CC2)c1. The Morgan fingerprint density at radius 2 is 1.78 bits per heavy atom. The molecule has 0 aliphatic carbocycles. The van der Waals surface area contributed by atoms with E-state index in [0.717, 1.165) is 22.0 Å². The van der Waals surface area contributed by atoms with Gasteiger partial charge in [-0.05, 0) is 56.2 Å². The first-order chi connectivity index (χ1) is 15.2. The number of hydrogen-bond acceptors (Lipinski definition) is 5. The van der Waals surface area contributed by atoms with Crippen LogP contribution in [0.2, 0.25) is 0 Å². The number of nitrogens with zero attached hydrogens (tertiary/aromatic N) is 1. The van der Waals surface area contributed by atoms with Gasteiger partial charge in [-0.25, -0.2) is 17.2 Å². The predicted octanol–water partition coefficient (Wildman–Crippen LogP) is 3.26. The fraction of sp³-hybridized carbons (Fsp3) is 0.409. The molecule has 1 aliphatic rings. The zero-order valence-electron chi connectivity index (χ0n) is 18.1. The van der Waals surface area contributed by atoms with Crippen molar-refractivity contribution in [1.29, 1.82) is 0 Å². The number of methoxy groups -OCH3 is 2. The molecule has 1 heterocycles. The van der Waals surface area contributed by atoms with Crippen LogP contribution < -0.4 is 14.8 Å². The van der Waals surface area contributed by atoms with Crippen molar-refractivity contribution in [2.75, 3.05) is 27.3 Å². The highest BCUT2D eigenvalue weighted by Gasteiger charge is 2.34. The lowest BCUT2D eigenvalue weighted by Crippen LogP contribution is -2.43. The third kappa shape index (κ3) is 5.02. The lowest BCUT2D eigenvalue weighted by molar-refractivity contribution is -0.126. The molecule has 1 atom stereocenters. The van der Waals surface area contributed by atoms with Crippen LogP contribution in [0.3, 0.4) is 0 Å². The van der Waals surface area contributed by atoms with E-state index >= 15 is 0 Å². The molecule has 2 aromatic rings. The van der Waals surface area contributed by atoms with E-state index in [1.54, 1.807) is 25.3 Å². The number of carbonyl (C=O) groups excluding carboxylic acids is 1. The molecular formula is C22H26F2N2O5S. The van der Waals surface area contributed by atoms with E-state index in [-0.39, 0.29) is 37.9 Å². The zero-order valence-corrected chi connectivity index (χ0v) is 18.9. The van der Waals surface area contributed by atoms with E-state index in [2.05, 4.69) is 5.32 Å². The van der Waals surface area contributed by atoms with E-state index in [4.69, 9.17) is 9.47 Å². The van der Waals surface area contributed by atoms with Gasteiger partial charge in [0.05, 0.1) is 20.3 Å². The smallest absolute Gasteiger partial charge is 0.246 e. The van der Waals surface area contributed by atoms with Crippen LogP contribution in [0.5, 0.6) is 11.5 Å². The Labute approximate surface area is 186 Å². The maximum absolute atomic E-state index is 14.0. The van der Waals surface area contributed by atoms with Gasteiger partial charge in [-0.2, -0.15) is 4.31 Å². The molecule has 0 bridgehead atoms. The molecule has 0 spiro atoms. The standard InChI is InChI=1S/C22H26F2N2O5S/c1-14(18-13-17(30-2)5-7-20(18)31-3)25-22(27)15-8-10-26(11-9-15)32(28,29)21-12-16(23)4-6-19(21)24/h4-7,12-15H,8-11H2,1-3H3,(H,25,27). The van der Waals surface area contributed by atoms with Gasteiger partial charge < -0.3 is 14.8 Å². The summed E-state index contributed by atoms with van der Waals surface area (Å²) in [6.07, 6.45) is 0.536. The number of ether oxygens (including phenoxy) is 2. The minimum atomic E-state index is -4.19. The van der Waals surface area contributed by atoms with Gasteiger partial charge in [-0.15, -0.1) is 0 Å². The highest BCUT2D eigenvalue weighted by molar-refractivity contribution is 7.89. The third-order valence-electron chi connectivity index (χ3n) is 5.60. The molecule has 0 aromatic heterocycles. The van der Waals surface area contributed by atoms with Gasteiger partial charge in [-0.1, -0.05) is 0 Å². The molecule has 1 fully saturated rings. The highest BCUT2D eigenvalue weighted by Crippen LogP contribution is 2.30. The van der Waals surface area contributed by atoms with Crippen molar-refractivity contribution in [3.8, 4) is 11.5 Å². The molecule has 1 N–H and O–H groups in total. The fourth-order valence-corrected chi connectivity index (χ4v) is 5.30. The topological polar surface area (TPSA) is 84.9 Å². The predicted molar refractivity (Wildman–Crippen MR) is 114 cm³/mol. The van der Waals surface area contributed by atoms with Crippen molar-refractivity contribution in [3.63, 3.8) is 0 Å². The van der Waals surface area contributed by atoms with Crippen LogP contribution in [0.4, 0.5) is 8.78 Å². The molecule has 1 unspecified atom stereocenters. The summed E-state index contributed by atoms with van der Waals surface area (Å²) >= 11 is 0. The molecule has 7 nitrogen and oxygen atoms in total. The van der Waals surface area contributed by atoms with Gasteiger partial charge in [0.2, 0.25) is 15.9 Å². The quantitative estimate of drug-likeness (QED) is 0.674. The monoisotopic (exact) mass is 468 g/mol. The fourth-order valence-electron chi connectivity index (χ4n) is 3.76. The van der Waals surface area contributed by atoms with Gasteiger partial charge in [0.25, 0.3) is 0 Å². The number of hydrogen-bond donors (Lipinski definition) is 1. The van der Waals surface area contributed by atoms with Crippen LogP contribution in [0.25, 0.3) is 0 Å². The summed E-state index contributed by atoms with van der Waals surface area (Å²) < 4.78 is 64.6. The third-order valence-corrected chi connectivity index (χ3v) is 7.51. The summed E-state index contributed by atoms with van der Waals surface area (Å²) in [5.74, 6) is -1.22. The summed E-state index contributed by atoms with van der Waals surface area (Å²) in [4.78, 5) is 12.1. The van der Waals surface area contributed by atoms with E-state index in [1.807, 2.05) is 6.92 Å². The van der Waals surface area contributed by atoms with Crippen molar-refractivity contribution in [2.24, 2.45) is 5.92 Å². The number of carbonyl (C=O) groups is 1. The second-order valence-electron chi connectivity index (χ2n) is 7.59. The van der Waals surface area contributed by atoms with E-state index in [0.29, 0.717) is 17.6 Å². The Morgan fingerprint density at radius 3 is 2.41 bits per heavy atom. The Hall–Kier alpha value is -2.72. The van der Waals surface area contributed by atoms with Gasteiger partial charge in [-0.3, -0.25) is 4.79 Å². The van der Waals surface area contributed by atoms with Gasteiger partial charge in [0, 0.05) is 24.6 Å². The van der Waals surface area contributed by atoms with Crippen LogP contribution in [-0.4, -0.2) is 45.9 Å². The van der Waals surface area contributed by atoms with Gasteiger partial charge >= 0.3 is 0 Å². The average molecular weight is 469 g/mol. The maximum Gasteiger partial charge on any atom is 0.246 e. The number of rotatable bonds is 7. The largest absolute Gasteiger partial charge is 0.497 e. The number of nitrogens with one attached hydrogen (secondary N) is 1. The molecule has 10 heteroatoms. The van der Waals surface area contributed by atoms with E-state index in [1.165, 1.54) is 7.11 Å². The van der Waals surface area contributed by atoms with E-state index in [9.17, 15) is 22.0 Å². The first kappa shape index (κ1) is 23.9. The summed E-state index contributed by atoms with van der Waals surface area (Å²) in [7, 11) is -1.10. The second kappa shape index (κ2) is 9.83. The van der Waals surface area contributed by atoms with Crippen molar-refractivity contribution in [2.45, 2.75) is 30.7 Å². The van der Waals surface area contributed by atoms with Crippen molar-refractivity contribution < 1.29 is 31.5 Å². The normalized spacial score (nSPS) is 16.4. The summed E-state index contributed by atoms with van der Waals surface area (Å²) in [6, 6.07) is 7.26. The van der Waals surface area contributed by atoms with Crippen LogP contribution >= 0.6 is 0 Å². The van der Waals surface area contributed by atoms with Crippen molar-refractivity contribution >= 4 is 15.9 Å². The summed E-state index contributed by atoms with van der Waals surface area (Å²) in [5, 5.41) is 2.94. The lowest BCUT2D eigenvalue weighted by Gasteiger charge is -2.31. The zero-order chi connectivity index (χ0) is 23.5. The molecule has 1 amide bonds. The minimum absolute atomic E-state index is 0.0350. The molecule has 0 saturated carbocycles. The number of sulfonamides is 1. The molecule has 0 radical (unpaired) electrons. The molecule has 1 aliphatic heterocycles. The number of halogens is 2. The summed E-state index contributed by atoms with van der Waals surface area (Å²) in [6.45, 7) is 1.89. The summed E-state index contributed by atoms with van der Waals surface area (Å²) in [5.41, 5.74) is 0.752.